The lowest BCUT2D eigenvalue weighted by Gasteiger charge is -2.27. The molecule has 2 heterocycles. The highest BCUT2D eigenvalue weighted by molar-refractivity contribution is 6.31. The third kappa shape index (κ3) is 1.96. The van der Waals surface area contributed by atoms with Gasteiger partial charge in [0.05, 0.1) is 22.5 Å². The molecule has 2 aromatic carbocycles. The van der Waals surface area contributed by atoms with Gasteiger partial charge in [-0.25, -0.2) is 0 Å². The Kier molecular flexibility index (Phi) is 2.65. The van der Waals surface area contributed by atoms with Gasteiger partial charge in [0.15, 0.2) is 5.78 Å². The summed E-state index contributed by atoms with van der Waals surface area (Å²) in [5, 5.41) is 6.90. The van der Waals surface area contributed by atoms with E-state index in [-0.39, 0.29) is 5.78 Å². The van der Waals surface area contributed by atoms with E-state index in [2.05, 4.69) is 10.6 Å². The van der Waals surface area contributed by atoms with Crippen LogP contribution in [0.5, 0.6) is 5.75 Å². The number of hydrogen-bond donors (Lipinski definition) is 2. The first-order valence-electron chi connectivity index (χ1n) is 6.55. The number of hydrogen-bond acceptors (Lipinski definition) is 4. The van der Waals surface area contributed by atoms with E-state index in [9.17, 15) is 4.79 Å². The van der Waals surface area contributed by atoms with E-state index in [1.54, 1.807) is 24.4 Å². The number of carbonyl (C=O) groups is 1. The molecule has 0 amide bonds. The van der Waals surface area contributed by atoms with Crippen LogP contribution in [0, 0.1) is 0 Å². The standard InChI is InChI=1S/C16H11ClN2O2/c17-9-5-6-14-10(7-9)15(20)11-8-18-12-3-1-2-4-13(12)19-16(11)21-14/h1-8,16,18-19H/t16-/m0/s1. The van der Waals surface area contributed by atoms with E-state index < -0.39 is 6.23 Å². The highest BCUT2D eigenvalue weighted by Crippen LogP contribution is 2.35. The molecule has 0 aromatic heterocycles. The summed E-state index contributed by atoms with van der Waals surface area (Å²) >= 11 is 5.96. The summed E-state index contributed by atoms with van der Waals surface area (Å²) in [6.45, 7) is 0. The molecule has 5 heteroatoms. The Morgan fingerprint density at radius 1 is 1.10 bits per heavy atom. The number of rotatable bonds is 0. The van der Waals surface area contributed by atoms with Gasteiger partial charge in [0, 0.05) is 11.2 Å². The van der Waals surface area contributed by atoms with E-state index in [1.165, 1.54) is 0 Å². The molecule has 0 radical (unpaired) electrons. The van der Waals surface area contributed by atoms with Gasteiger partial charge in [-0.2, -0.15) is 0 Å². The number of anilines is 2. The zero-order valence-electron chi connectivity index (χ0n) is 10.9. The van der Waals surface area contributed by atoms with Crippen molar-refractivity contribution < 1.29 is 9.53 Å². The second-order valence-corrected chi connectivity index (χ2v) is 5.34. The minimum Gasteiger partial charge on any atom is -0.466 e. The average Bonchev–Trinajstić information content (AvgIpc) is 2.67. The molecule has 0 unspecified atom stereocenters. The number of ether oxygens (including phenoxy) is 1. The van der Waals surface area contributed by atoms with Crippen LogP contribution in [-0.2, 0) is 0 Å². The molecule has 21 heavy (non-hydrogen) atoms. The zero-order valence-corrected chi connectivity index (χ0v) is 11.6. The minimum atomic E-state index is -0.512. The third-order valence-electron chi connectivity index (χ3n) is 3.57. The van der Waals surface area contributed by atoms with Crippen LogP contribution in [0.2, 0.25) is 5.02 Å². The predicted molar refractivity (Wildman–Crippen MR) is 82.0 cm³/mol. The van der Waals surface area contributed by atoms with E-state index in [1.807, 2.05) is 24.3 Å². The summed E-state index contributed by atoms with van der Waals surface area (Å²) in [5.41, 5.74) is 2.80. The molecule has 4 rings (SSSR count). The van der Waals surface area contributed by atoms with Gasteiger partial charge >= 0.3 is 0 Å². The van der Waals surface area contributed by atoms with Gasteiger partial charge in [-0.1, -0.05) is 23.7 Å². The summed E-state index contributed by atoms with van der Waals surface area (Å²) in [5.74, 6) is 0.454. The van der Waals surface area contributed by atoms with E-state index in [0.29, 0.717) is 21.9 Å². The molecule has 104 valence electrons. The fourth-order valence-electron chi connectivity index (χ4n) is 2.53. The maximum Gasteiger partial charge on any atom is 0.201 e. The first kappa shape index (κ1) is 12.3. The van der Waals surface area contributed by atoms with Gasteiger partial charge in [0.1, 0.15) is 5.75 Å². The molecule has 0 saturated carbocycles. The Labute approximate surface area is 126 Å². The molecule has 4 nitrogen and oxygen atoms in total. The molecule has 2 aromatic rings. The Balaban J connectivity index is 1.81. The number of para-hydroxylation sites is 2. The van der Waals surface area contributed by atoms with Gasteiger partial charge in [-0.3, -0.25) is 4.79 Å². The van der Waals surface area contributed by atoms with Crippen molar-refractivity contribution in [3.8, 4) is 5.75 Å². The molecule has 2 aliphatic heterocycles. The van der Waals surface area contributed by atoms with Crippen molar-refractivity contribution in [2.45, 2.75) is 6.23 Å². The van der Waals surface area contributed by atoms with Crippen molar-refractivity contribution in [1.29, 1.82) is 0 Å². The molecule has 2 N–H and O–H groups in total. The lowest BCUT2D eigenvalue weighted by Crippen LogP contribution is -2.36. The van der Waals surface area contributed by atoms with Gasteiger partial charge in [0.2, 0.25) is 6.23 Å². The summed E-state index contributed by atoms with van der Waals surface area (Å²) < 4.78 is 5.90. The second-order valence-electron chi connectivity index (χ2n) is 4.90. The number of carbonyl (C=O) groups excluding carboxylic acids is 1. The largest absolute Gasteiger partial charge is 0.466 e. The molecule has 0 bridgehead atoms. The average molecular weight is 299 g/mol. The monoisotopic (exact) mass is 298 g/mol. The van der Waals surface area contributed by atoms with Crippen LogP contribution < -0.4 is 15.4 Å². The van der Waals surface area contributed by atoms with Crippen molar-refractivity contribution >= 4 is 28.8 Å². The van der Waals surface area contributed by atoms with Crippen molar-refractivity contribution in [3.63, 3.8) is 0 Å². The first-order valence-corrected chi connectivity index (χ1v) is 6.93. The summed E-state index contributed by atoms with van der Waals surface area (Å²) in [4.78, 5) is 12.6. The number of benzene rings is 2. The maximum atomic E-state index is 12.6. The van der Waals surface area contributed by atoms with E-state index in [0.717, 1.165) is 11.4 Å². The van der Waals surface area contributed by atoms with Crippen molar-refractivity contribution in [2.75, 3.05) is 10.6 Å². The molecule has 0 aliphatic carbocycles. The van der Waals surface area contributed by atoms with E-state index in [4.69, 9.17) is 16.3 Å². The lowest BCUT2D eigenvalue weighted by atomic mass is 9.99. The Bertz CT molecular complexity index is 786. The minimum absolute atomic E-state index is 0.0865. The molecule has 0 saturated heterocycles. The van der Waals surface area contributed by atoms with Crippen LogP contribution >= 0.6 is 11.6 Å². The van der Waals surface area contributed by atoms with Crippen LogP contribution in [-0.4, -0.2) is 12.0 Å². The fraction of sp³-hybridized carbons (Fsp3) is 0.0625. The fourth-order valence-corrected chi connectivity index (χ4v) is 2.70. The van der Waals surface area contributed by atoms with Crippen LogP contribution in [0.1, 0.15) is 10.4 Å². The summed E-state index contributed by atoms with van der Waals surface area (Å²) in [6.07, 6.45) is 1.18. The number of fused-ring (bicyclic) bond motifs is 3. The second kappa shape index (κ2) is 4.53. The number of halogens is 1. The highest BCUT2D eigenvalue weighted by atomic mass is 35.5. The molecule has 0 spiro atoms. The molecular formula is C16H11ClN2O2. The van der Waals surface area contributed by atoms with Crippen LogP contribution in [0.3, 0.4) is 0 Å². The third-order valence-corrected chi connectivity index (χ3v) is 3.81. The topological polar surface area (TPSA) is 50.4 Å². The first-order chi connectivity index (χ1) is 10.2. The van der Waals surface area contributed by atoms with Crippen molar-refractivity contribution in [2.24, 2.45) is 0 Å². The summed E-state index contributed by atoms with van der Waals surface area (Å²) in [7, 11) is 0. The molecule has 1 atom stereocenters. The number of nitrogens with one attached hydrogen (secondary N) is 2. The van der Waals surface area contributed by atoms with Gasteiger partial charge in [-0.15, -0.1) is 0 Å². The molecule has 0 fully saturated rings. The maximum absolute atomic E-state index is 12.6. The molecular weight excluding hydrogens is 288 g/mol. The lowest BCUT2D eigenvalue weighted by molar-refractivity contribution is 0.0974. The van der Waals surface area contributed by atoms with Crippen LogP contribution in [0.4, 0.5) is 11.4 Å². The van der Waals surface area contributed by atoms with Gasteiger partial charge < -0.3 is 15.4 Å². The number of ketones is 1. The van der Waals surface area contributed by atoms with E-state index >= 15 is 0 Å². The van der Waals surface area contributed by atoms with Crippen LogP contribution in [0.25, 0.3) is 0 Å². The highest BCUT2D eigenvalue weighted by Gasteiger charge is 2.33. The summed E-state index contributed by atoms with van der Waals surface area (Å²) in [6, 6.07) is 12.8. The number of Topliss-reactive ketones (excluding diaryl/α,β-unsaturated/α-hetero) is 1. The van der Waals surface area contributed by atoms with Crippen molar-refractivity contribution in [1.82, 2.24) is 0 Å². The zero-order chi connectivity index (χ0) is 14.4. The Morgan fingerprint density at radius 2 is 1.90 bits per heavy atom. The Hall–Kier alpha value is -2.46. The SMILES string of the molecule is O=C1C2=CNc3ccccc3N[C@H]2Oc2ccc(Cl)cc21. The van der Waals surface area contributed by atoms with Gasteiger partial charge in [-0.05, 0) is 30.3 Å². The quantitative estimate of drug-likeness (QED) is 0.779. The predicted octanol–water partition coefficient (Wildman–Crippen LogP) is 3.66. The van der Waals surface area contributed by atoms with Crippen molar-refractivity contribution in [3.05, 3.63) is 64.8 Å². The Morgan fingerprint density at radius 3 is 2.76 bits per heavy atom. The van der Waals surface area contributed by atoms with Gasteiger partial charge in [0.25, 0.3) is 0 Å². The smallest absolute Gasteiger partial charge is 0.201 e. The molecule has 2 aliphatic rings. The van der Waals surface area contributed by atoms with Crippen LogP contribution in [0.15, 0.2) is 54.2 Å². The normalized spacial score (nSPS) is 18.8.